The molecule has 1 aromatic heterocycles. The highest BCUT2D eigenvalue weighted by molar-refractivity contribution is 9.10. The number of hydrogen-bond donors (Lipinski definition) is 2. The largest absolute Gasteiger partial charge is 0.398 e. The Morgan fingerprint density at radius 1 is 1.53 bits per heavy atom. The molecule has 0 spiro atoms. The van der Waals surface area contributed by atoms with Crippen LogP contribution in [0.25, 0.3) is 0 Å². The zero-order valence-electron chi connectivity index (χ0n) is 10.7. The molecule has 0 saturated heterocycles. The van der Waals surface area contributed by atoms with Gasteiger partial charge in [0.2, 0.25) is 0 Å². The van der Waals surface area contributed by atoms with Gasteiger partial charge >= 0.3 is 5.69 Å². The SMILES string of the molecule is CC(C)n1c(SCc2ccc(Br)c(N)c2)n[nH]c1=O. The maximum atomic E-state index is 11.6. The molecule has 0 unspecified atom stereocenters. The molecular formula is C12H15BrN4OS. The lowest BCUT2D eigenvalue weighted by Gasteiger charge is -2.08. The molecule has 0 aliphatic carbocycles. The predicted molar refractivity (Wildman–Crippen MR) is 81.3 cm³/mol. The van der Waals surface area contributed by atoms with E-state index in [4.69, 9.17) is 5.73 Å². The van der Waals surface area contributed by atoms with Gasteiger partial charge < -0.3 is 5.73 Å². The molecule has 19 heavy (non-hydrogen) atoms. The number of nitrogens with zero attached hydrogens (tertiary/aromatic N) is 2. The second-order valence-electron chi connectivity index (χ2n) is 4.42. The van der Waals surface area contributed by atoms with Crippen LogP contribution in [0.15, 0.2) is 32.6 Å². The Bertz CT molecular complexity index is 635. The number of hydrogen-bond acceptors (Lipinski definition) is 4. The third kappa shape index (κ3) is 3.22. The van der Waals surface area contributed by atoms with E-state index in [2.05, 4.69) is 26.1 Å². The Kier molecular flexibility index (Phi) is 4.36. The number of aromatic nitrogens is 3. The smallest absolute Gasteiger partial charge is 0.344 e. The van der Waals surface area contributed by atoms with Crippen LogP contribution in [0.5, 0.6) is 0 Å². The Balaban J connectivity index is 2.14. The van der Waals surface area contributed by atoms with Crippen molar-refractivity contribution in [3.05, 3.63) is 38.7 Å². The van der Waals surface area contributed by atoms with Crippen LogP contribution >= 0.6 is 27.7 Å². The van der Waals surface area contributed by atoms with Gasteiger partial charge in [0.15, 0.2) is 5.16 Å². The van der Waals surface area contributed by atoms with Crippen molar-refractivity contribution >= 4 is 33.4 Å². The minimum atomic E-state index is -0.173. The van der Waals surface area contributed by atoms with Crippen LogP contribution in [0, 0.1) is 0 Å². The van der Waals surface area contributed by atoms with E-state index in [0.717, 1.165) is 10.0 Å². The van der Waals surface area contributed by atoms with E-state index in [1.165, 1.54) is 11.8 Å². The van der Waals surface area contributed by atoms with Crippen LogP contribution in [-0.2, 0) is 5.75 Å². The number of anilines is 1. The van der Waals surface area contributed by atoms with Gasteiger partial charge in [0, 0.05) is 22.0 Å². The Morgan fingerprint density at radius 2 is 2.26 bits per heavy atom. The minimum Gasteiger partial charge on any atom is -0.398 e. The zero-order chi connectivity index (χ0) is 14.0. The van der Waals surface area contributed by atoms with Crippen molar-refractivity contribution in [3.63, 3.8) is 0 Å². The summed E-state index contributed by atoms with van der Waals surface area (Å²) in [5.74, 6) is 0.717. The van der Waals surface area contributed by atoms with E-state index >= 15 is 0 Å². The molecule has 0 atom stereocenters. The molecule has 1 aromatic carbocycles. The molecule has 3 N–H and O–H groups in total. The molecule has 2 rings (SSSR count). The predicted octanol–water partition coefficient (Wildman–Crippen LogP) is 2.79. The second-order valence-corrected chi connectivity index (χ2v) is 6.22. The van der Waals surface area contributed by atoms with Crippen molar-refractivity contribution < 1.29 is 0 Å². The second kappa shape index (κ2) is 5.83. The van der Waals surface area contributed by atoms with Gasteiger partial charge in [0.25, 0.3) is 0 Å². The molecule has 0 aliphatic heterocycles. The van der Waals surface area contributed by atoms with Gasteiger partial charge in [-0.05, 0) is 47.5 Å². The maximum Gasteiger partial charge on any atom is 0.344 e. The zero-order valence-corrected chi connectivity index (χ0v) is 13.1. The fourth-order valence-corrected chi connectivity index (χ4v) is 2.94. The fraction of sp³-hybridized carbons (Fsp3) is 0.333. The number of aromatic amines is 1. The van der Waals surface area contributed by atoms with Crippen LogP contribution in [0.3, 0.4) is 0 Å². The van der Waals surface area contributed by atoms with Crippen molar-refractivity contribution in [1.29, 1.82) is 0 Å². The fourth-order valence-electron chi connectivity index (χ4n) is 1.68. The standard InChI is InChI=1S/C12H15BrN4OS/c1-7(2)17-11(18)15-16-12(17)19-6-8-3-4-9(13)10(14)5-8/h3-5,7H,6,14H2,1-2H3,(H,15,18). The third-order valence-corrected chi connectivity index (χ3v) is 4.36. The van der Waals surface area contributed by atoms with Crippen LogP contribution in [0.4, 0.5) is 5.69 Å². The Labute approximate surface area is 123 Å². The summed E-state index contributed by atoms with van der Waals surface area (Å²) in [7, 11) is 0. The first-order chi connectivity index (χ1) is 8.99. The number of nitrogens with one attached hydrogen (secondary N) is 1. The van der Waals surface area contributed by atoms with E-state index < -0.39 is 0 Å². The summed E-state index contributed by atoms with van der Waals surface area (Å²) in [6.45, 7) is 3.91. The third-order valence-electron chi connectivity index (χ3n) is 2.62. The van der Waals surface area contributed by atoms with Gasteiger partial charge in [0.1, 0.15) is 0 Å². The highest BCUT2D eigenvalue weighted by Gasteiger charge is 2.11. The van der Waals surface area contributed by atoms with E-state index in [0.29, 0.717) is 16.6 Å². The molecule has 2 aromatic rings. The summed E-state index contributed by atoms with van der Waals surface area (Å²) in [6, 6.07) is 5.92. The molecule has 102 valence electrons. The number of halogens is 1. The topological polar surface area (TPSA) is 76.7 Å². The normalized spacial score (nSPS) is 11.2. The van der Waals surface area contributed by atoms with Gasteiger partial charge in [-0.3, -0.25) is 4.57 Å². The van der Waals surface area contributed by atoms with Gasteiger partial charge in [-0.1, -0.05) is 17.8 Å². The molecule has 0 radical (unpaired) electrons. The lowest BCUT2D eigenvalue weighted by atomic mass is 10.2. The lowest BCUT2D eigenvalue weighted by molar-refractivity contribution is 0.534. The van der Waals surface area contributed by atoms with Gasteiger partial charge in [-0.15, -0.1) is 5.10 Å². The lowest BCUT2D eigenvalue weighted by Crippen LogP contribution is -2.19. The summed E-state index contributed by atoms with van der Waals surface area (Å²) in [6.07, 6.45) is 0. The number of rotatable bonds is 4. The van der Waals surface area contributed by atoms with Crippen LogP contribution in [0.2, 0.25) is 0 Å². The molecule has 0 fully saturated rings. The van der Waals surface area contributed by atoms with Crippen LogP contribution in [0.1, 0.15) is 25.5 Å². The van der Waals surface area contributed by atoms with Crippen LogP contribution < -0.4 is 11.4 Å². The average molecular weight is 343 g/mol. The van der Waals surface area contributed by atoms with Gasteiger partial charge in [-0.25, -0.2) is 9.89 Å². The number of thioether (sulfide) groups is 1. The number of nitrogens with two attached hydrogens (primary N) is 1. The quantitative estimate of drug-likeness (QED) is 0.661. The number of H-pyrrole nitrogens is 1. The molecule has 5 nitrogen and oxygen atoms in total. The van der Waals surface area contributed by atoms with E-state index in [-0.39, 0.29) is 11.7 Å². The Hall–Kier alpha value is -1.21. The first-order valence-corrected chi connectivity index (χ1v) is 7.60. The van der Waals surface area contributed by atoms with E-state index in [1.807, 2.05) is 32.0 Å². The molecule has 0 aliphatic rings. The van der Waals surface area contributed by atoms with Crippen molar-refractivity contribution in [2.45, 2.75) is 30.8 Å². The average Bonchev–Trinajstić information content (AvgIpc) is 2.72. The summed E-state index contributed by atoms with van der Waals surface area (Å²) in [5.41, 5.74) is 7.47. The highest BCUT2D eigenvalue weighted by Crippen LogP contribution is 2.25. The van der Waals surface area contributed by atoms with Crippen molar-refractivity contribution in [1.82, 2.24) is 14.8 Å². The van der Waals surface area contributed by atoms with E-state index in [9.17, 15) is 4.79 Å². The minimum absolute atomic E-state index is 0.0868. The van der Waals surface area contributed by atoms with Crippen molar-refractivity contribution in [3.8, 4) is 0 Å². The van der Waals surface area contributed by atoms with Crippen molar-refractivity contribution in [2.75, 3.05) is 5.73 Å². The van der Waals surface area contributed by atoms with E-state index in [1.54, 1.807) is 4.57 Å². The van der Waals surface area contributed by atoms with Gasteiger partial charge in [-0.2, -0.15) is 0 Å². The Morgan fingerprint density at radius 3 is 2.89 bits per heavy atom. The molecule has 1 heterocycles. The number of benzene rings is 1. The molecule has 7 heteroatoms. The van der Waals surface area contributed by atoms with Gasteiger partial charge in [0.05, 0.1) is 0 Å². The maximum absolute atomic E-state index is 11.6. The number of nitrogen functional groups attached to an aromatic ring is 1. The summed E-state index contributed by atoms with van der Waals surface area (Å²) in [4.78, 5) is 11.6. The highest BCUT2D eigenvalue weighted by atomic mass is 79.9. The molecule has 0 amide bonds. The summed E-state index contributed by atoms with van der Waals surface area (Å²) in [5, 5.41) is 7.22. The molecule has 0 bridgehead atoms. The van der Waals surface area contributed by atoms with Crippen molar-refractivity contribution in [2.24, 2.45) is 0 Å². The summed E-state index contributed by atoms with van der Waals surface area (Å²) < 4.78 is 2.53. The first kappa shape index (κ1) is 14.2. The molecular weight excluding hydrogens is 328 g/mol. The monoisotopic (exact) mass is 342 g/mol. The first-order valence-electron chi connectivity index (χ1n) is 5.82. The van der Waals surface area contributed by atoms with Crippen LogP contribution in [-0.4, -0.2) is 14.8 Å². The summed E-state index contributed by atoms with van der Waals surface area (Å²) >= 11 is 4.88. The molecule has 0 saturated carbocycles.